The first-order valence-electron chi connectivity index (χ1n) is 8.85. The van der Waals surface area contributed by atoms with Gasteiger partial charge in [-0.05, 0) is 55.5 Å². The summed E-state index contributed by atoms with van der Waals surface area (Å²) < 4.78 is 32.9. The van der Waals surface area contributed by atoms with Crippen LogP contribution in [0.4, 0.5) is 5.69 Å². The van der Waals surface area contributed by atoms with Crippen LogP contribution >= 0.6 is 0 Å². The topological polar surface area (TPSA) is 87.7 Å². The molecule has 1 aliphatic rings. The number of nitrogens with one attached hydrogen (secondary N) is 2. The smallest absolute Gasteiger partial charge is 0.261 e. The second kappa shape index (κ2) is 8.41. The molecule has 2 aromatic carbocycles. The zero-order valence-corrected chi connectivity index (χ0v) is 16.0. The highest BCUT2D eigenvalue weighted by atomic mass is 32.2. The number of amides is 1. The van der Waals surface area contributed by atoms with Gasteiger partial charge < -0.3 is 15.0 Å². The summed E-state index contributed by atoms with van der Waals surface area (Å²) in [5.74, 6) is 0.574. The van der Waals surface area contributed by atoms with E-state index in [1.807, 2.05) is 6.92 Å². The Labute approximate surface area is 159 Å². The molecule has 0 aliphatic carbocycles. The SMILES string of the molecule is CCOc1ccc(S(=O)(=O)Nc2ccc(C(=O)N3CCNCC3)cc2)cc1. The Hall–Kier alpha value is -2.58. The van der Waals surface area contributed by atoms with Gasteiger partial charge in [-0.3, -0.25) is 9.52 Å². The quantitative estimate of drug-likeness (QED) is 0.788. The fourth-order valence-corrected chi connectivity index (χ4v) is 3.89. The Morgan fingerprint density at radius 2 is 1.70 bits per heavy atom. The Balaban J connectivity index is 1.68. The van der Waals surface area contributed by atoms with Gasteiger partial charge in [0.15, 0.2) is 0 Å². The monoisotopic (exact) mass is 389 g/mol. The number of carbonyl (C=O) groups is 1. The number of hydrogen-bond acceptors (Lipinski definition) is 5. The third kappa shape index (κ3) is 4.78. The number of anilines is 1. The second-order valence-electron chi connectivity index (χ2n) is 6.13. The fraction of sp³-hybridized carbons (Fsp3) is 0.316. The van der Waals surface area contributed by atoms with E-state index in [1.54, 1.807) is 41.3 Å². The maximum absolute atomic E-state index is 12.5. The van der Waals surface area contributed by atoms with Crippen molar-refractivity contribution >= 4 is 21.6 Å². The molecule has 0 bridgehead atoms. The predicted molar refractivity (Wildman–Crippen MR) is 104 cm³/mol. The van der Waals surface area contributed by atoms with Gasteiger partial charge in [-0.25, -0.2) is 8.42 Å². The number of carbonyl (C=O) groups excluding carboxylic acids is 1. The third-order valence-corrected chi connectivity index (χ3v) is 5.63. The van der Waals surface area contributed by atoms with Gasteiger partial charge in [-0.15, -0.1) is 0 Å². The summed E-state index contributed by atoms with van der Waals surface area (Å²) in [5.41, 5.74) is 0.946. The van der Waals surface area contributed by atoms with Gasteiger partial charge >= 0.3 is 0 Å². The van der Waals surface area contributed by atoms with Crippen molar-refractivity contribution in [3.63, 3.8) is 0 Å². The van der Waals surface area contributed by atoms with Crippen LogP contribution in [0.25, 0.3) is 0 Å². The standard InChI is InChI=1S/C19H23N3O4S/c1-2-26-17-7-9-18(10-8-17)27(24,25)21-16-5-3-15(4-6-16)19(23)22-13-11-20-12-14-22/h3-10,20-21H,2,11-14H2,1H3. The van der Waals surface area contributed by atoms with E-state index in [0.717, 1.165) is 13.1 Å². The second-order valence-corrected chi connectivity index (χ2v) is 7.81. The highest BCUT2D eigenvalue weighted by Crippen LogP contribution is 2.20. The molecule has 0 radical (unpaired) electrons. The van der Waals surface area contributed by atoms with Crippen LogP contribution in [0, 0.1) is 0 Å². The Morgan fingerprint density at radius 3 is 2.30 bits per heavy atom. The Kier molecular flexibility index (Phi) is 5.98. The molecule has 0 aromatic heterocycles. The molecule has 8 heteroatoms. The normalized spacial score (nSPS) is 14.6. The van der Waals surface area contributed by atoms with Gasteiger partial charge in [0, 0.05) is 37.4 Å². The summed E-state index contributed by atoms with van der Waals surface area (Å²) in [7, 11) is -3.71. The summed E-state index contributed by atoms with van der Waals surface area (Å²) in [6, 6.07) is 12.7. The van der Waals surface area contributed by atoms with E-state index >= 15 is 0 Å². The van der Waals surface area contributed by atoms with Crippen LogP contribution in [-0.2, 0) is 10.0 Å². The van der Waals surface area contributed by atoms with Crippen LogP contribution in [0.5, 0.6) is 5.75 Å². The molecule has 0 atom stereocenters. The molecule has 1 amide bonds. The van der Waals surface area contributed by atoms with E-state index in [1.165, 1.54) is 12.1 Å². The maximum atomic E-state index is 12.5. The molecule has 27 heavy (non-hydrogen) atoms. The molecule has 0 saturated carbocycles. The molecule has 2 aromatic rings. The average Bonchev–Trinajstić information content (AvgIpc) is 2.69. The first kappa shape index (κ1) is 19.2. The average molecular weight is 389 g/mol. The number of nitrogens with zero attached hydrogens (tertiary/aromatic N) is 1. The summed E-state index contributed by atoms with van der Waals surface area (Å²) >= 11 is 0. The molecule has 1 fully saturated rings. The van der Waals surface area contributed by atoms with Crippen molar-refractivity contribution in [2.45, 2.75) is 11.8 Å². The number of piperazine rings is 1. The molecule has 7 nitrogen and oxygen atoms in total. The molecular weight excluding hydrogens is 366 g/mol. The van der Waals surface area contributed by atoms with Crippen molar-refractivity contribution in [1.29, 1.82) is 0 Å². The van der Waals surface area contributed by atoms with Crippen molar-refractivity contribution in [3.8, 4) is 5.75 Å². The highest BCUT2D eigenvalue weighted by molar-refractivity contribution is 7.92. The van der Waals surface area contributed by atoms with E-state index in [9.17, 15) is 13.2 Å². The molecule has 3 rings (SSSR count). The van der Waals surface area contributed by atoms with Gasteiger partial charge in [0.2, 0.25) is 0 Å². The van der Waals surface area contributed by atoms with Crippen molar-refractivity contribution in [3.05, 3.63) is 54.1 Å². The van der Waals surface area contributed by atoms with Crippen molar-refractivity contribution in [2.75, 3.05) is 37.5 Å². The van der Waals surface area contributed by atoms with Crippen molar-refractivity contribution in [2.24, 2.45) is 0 Å². The predicted octanol–water partition coefficient (Wildman–Crippen LogP) is 1.93. The zero-order valence-electron chi connectivity index (χ0n) is 15.1. The summed E-state index contributed by atoms with van der Waals surface area (Å²) in [6.07, 6.45) is 0. The molecule has 1 saturated heterocycles. The minimum Gasteiger partial charge on any atom is -0.494 e. The van der Waals surface area contributed by atoms with Crippen LogP contribution in [0.15, 0.2) is 53.4 Å². The van der Waals surface area contributed by atoms with Crippen LogP contribution in [0.1, 0.15) is 17.3 Å². The lowest BCUT2D eigenvalue weighted by atomic mass is 10.1. The van der Waals surface area contributed by atoms with E-state index in [4.69, 9.17) is 4.74 Å². The molecule has 2 N–H and O–H groups in total. The number of hydrogen-bond donors (Lipinski definition) is 2. The molecule has 0 unspecified atom stereocenters. The van der Waals surface area contributed by atoms with Gasteiger partial charge in [0.25, 0.3) is 15.9 Å². The largest absolute Gasteiger partial charge is 0.494 e. The van der Waals surface area contributed by atoms with Crippen LogP contribution < -0.4 is 14.8 Å². The van der Waals surface area contributed by atoms with Crippen molar-refractivity contribution < 1.29 is 17.9 Å². The van der Waals surface area contributed by atoms with Gasteiger partial charge in [-0.1, -0.05) is 0 Å². The third-order valence-electron chi connectivity index (χ3n) is 4.23. The Bertz CT molecular complexity index is 874. The molecule has 1 aliphatic heterocycles. The number of rotatable bonds is 6. The number of sulfonamides is 1. The van der Waals surface area contributed by atoms with Crippen LogP contribution in [0.2, 0.25) is 0 Å². The van der Waals surface area contributed by atoms with E-state index in [2.05, 4.69) is 10.0 Å². The van der Waals surface area contributed by atoms with E-state index in [0.29, 0.717) is 36.7 Å². The van der Waals surface area contributed by atoms with Gasteiger partial charge in [0.05, 0.1) is 11.5 Å². The first-order valence-corrected chi connectivity index (χ1v) is 10.3. The minimum absolute atomic E-state index is 0.0441. The number of ether oxygens (including phenoxy) is 1. The fourth-order valence-electron chi connectivity index (χ4n) is 2.83. The first-order chi connectivity index (χ1) is 13.0. The van der Waals surface area contributed by atoms with Crippen LogP contribution in [0.3, 0.4) is 0 Å². The van der Waals surface area contributed by atoms with Gasteiger partial charge in [-0.2, -0.15) is 0 Å². The summed E-state index contributed by atoms with van der Waals surface area (Å²) in [6.45, 7) is 5.29. The molecular formula is C19H23N3O4S. The lowest BCUT2D eigenvalue weighted by molar-refractivity contribution is 0.0736. The van der Waals surface area contributed by atoms with Crippen molar-refractivity contribution in [1.82, 2.24) is 10.2 Å². The highest BCUT2D eigenvalue weighted by Gasteiger charge is 2.18. The van der Waals surface area contributed by atoms with E-state index < -0.39 is 10.0 Å². The van der Waals surface area contributed by atoms with E-state index in [-0.39, 0.29) is 10.8 Å². The lowest BCUT2D eigenvalue weighted by Crippen LogP contribution is -2.46. The number of benzene rings is 2. The molecule has 0 spiro atoms. The summed E-state index contributed by atoms with van der Waals surface area (Å²) in [5, 5.41) is 3.20. The minimum atomic E-state index is -3.71. The Morgan fingerprint density at radius 1 is 1.07 bits per heavy atom. The maximum Gasteiger partial charge on any atom is 0.261 e. The van der Waals surface area contributed by atoms with Gasteiger partial charge in [0.1, 0.15) is 5.75 Å². The van der Waals surface area contributed by atoms with Crippen LogP contribution in [-0.4, -0.2) is 52.0 Å². The zero-order chi connectivity index (χ0) is 19.3. The molecule has 144 valence electrons. The summed E-state index contributed by atoms with van der Waals surface area (Å²) in [4.78, 5) is 14.4. The lowest BCUT2D eigenvalue weighted by Gasteiger charge is -2.27. The molecule has 1 heterocycles.